The number of nitrogens with one attached hydrogen (secondary N) is 1. The summed E-state index contributed by atoms with van der Waals surface area (Å²) in [6, 6.07) is 0.544. The van der Waals surface area contributed by atoms with Crippen LogP contribution in [0.25, 0.3) is 0 Å². The molecule has 3 heteroatoms. The number of nitrogens with zero attached hydrogens (tertiary/aromatic N) is 1. The normalized spacial score (nSPS) is 36.3. The molecule has 3 atom stereocenters. The zero-order valence-corrected chi connectivity index (χ0v) is 11.6. The molecule has 0 amide bonds. The zero-order chi connectivity index (χ0) is 13.0. The van der Waals surface area contributed by atoms with Crippen LogP contribution in [0.3, 0.4) is 0 Å². The van der Waals surface area contributed by atoms with E-state index in [2.05, 4.69) is 31.3 Å². The molecule has 1 N–H and O–H groups in total. The fourth-order valence-corrected chi connectivity index (χ4v) is 3.39. The van der Waals surface area contributed by atoms with E-state index >= 15 is 0 Å². The van der Waals surface area contributed by atoms with Gasteiger partial charge in [-0.3, -0.25) is 4.99 Å². The predicted octanol–water partition coefficient (Wildman–Crippen LogP) is 2.37. The molecule has 3 heterocycles. The zero-order valence-electron chi connectivity index (χ0n) is 11.6. The van der Waals surface area contributed by atoms with Crippen LogP contribution in [0.4, 0.5) is 0 Å². The van der Waals surface area contributed by atoms with Gasteiger partial charge < -0.3 is 10.1 Å². The summed E-state index contributed by atoms with van der Waals surface area (Å²) in [5.41, 5.74) is 6.81. The first-order valence-electron chi connectivity index (χ1n) is 7.28. The van der Waals surface area contributed by atoms with Gasteiger partial charge in [-0.1, -0.05) is 12.2 Å². The fourth-order valence-electron chi connectivity index (χ4n) is 3.39. The maximum atomic E-state index is 5.41. The van der Waals surface area contributed by atoms with Crippen LogP contribution < -0.4 is 5.32 Å². The number of rotatable bonds is 2. The Kier molecular flexibility index (Phi) is 2.54. The summed E-state index contributed by atoms with van der Waals surface area (Å²) in [6.07, 6.45) is 7.23. The third kappa shape index (κ3) is 1.92. The molecule has 2 saturated heterocycles. The van der Waals surface area contributed by atoms with Crippen molar-refractivity contribution in [1.29, 1.82) is 0 Å². The van der Waals surface area contributed by atoms with Gasteiger partial charge in [-0.2, -0.15) is 0 Å². The molecule has 0 radical (unpaired) electrons. The van der Waals surface area contributed by atoms with E-state index in [9.17, 15) is 0 Å². The highest BCUT2D eigenvalue weighted by Crippen LogP contribution is 2.42. The molecule has 1 aliphatic carbocycles. The number of ether oxygens (including phenoxy) is 1. The summed E-state index contributed by atoms with van der Waals surface area (Å²) in [4.78, 5) is 4.93. The highest BCUT2D eigenvalue weighted by atomic mass is 16.6. The van der Waals surface area contributed by atoms with E-state index < -0.39 is 0 Å². The van der Waals surface area contributed by atoms with E-state index in [4.69, 9.17) is 9.73 Å². The lowest BCUT2D eigenvalue weighted by Crippen LogP contribution is -2.37. The number of fused-ring (bicyclic) bond motifs is 2. The van der Waals surface area contributed by atoms with Crippen molar-refractivity contribution in [2.45, 2.75) is 38.8 Å². The number of hydrogen-bond donors (Lipinski definition) is 1. The van der Waals surface area contributed by atoms with Crippen molar-refractivity contribution in [2.75, 3.05) is 13.2 Å². The summed E-state index contributed by atoms with van der Waals surface area (Å²) < 4.78 is 5.41. The first-order chi connectivity index (χ1) is 9.22. The highest BCUT2D eigenvalue weighted by Gasteiger charge is 2.36. The van der Waals surface area contributed by atoms with Crippen molar-refractivity contribution in [3.05, 3.63) is 34.6 Å². The second-order valence-corrected chi connectivity index (χ2v) is 6.13. The molecule has 0 aromatic heterocycles. The SMILES string of the molecule is CC1=C2N=C3CC(C)NCC3=C2C(CC2CO2)C=C1. The Morgan fingerprint density at radius 1 is 1.47 bits per heavy atom. The Labute approximate surface area is 114 Å². The molecule has 2 fully saturated rings. The second kappa shape index (κ2) is 4.15. The van der Waals surface area contributed by atoms with Gasteiger partial charge in [-0.15, -0.1) is 0 Å². The van der Waals surface area contributed by atoms with Crippen LogP contribution in [0.1, 0.15) is 26.7 Å². The van der Waals surface area contributed by atoms with E-state index in [0.29, 0.717) is 18.1 Å². The van der Waals surface area contributed by atoms with Crippen molar-refractivity contribution < 1.29 is 4.74 Å². The van der Waals surface area contributed by atoms with Crippen molar-refractivity contribution in [1.82, 2.24) is 5.32 Å². The van der Waals surface area contributed by atoms with E-state index in [1.807, 2.05) is 0 Å². The number of epoxide rings is 1. The molecular formula is C16H20N2O. The predicted molar refractivity (Wildman–Crippen MR) is 76.2 cm³/mol. The largest absolute Gasteiger partial charge is 0.373 e. The van der Waals surface area contributed by atoms with E-state index in [1.165, 1.54) is 28.1 Å². The minimum absolute atomic E-state index is 0.474. The van der Waals surface area contributed by atoms with Gasteiger partial charge >= 0.3 is 0 Å². The standard InChI is InChI=1S/C16H20N2O/c1-9-3-4-11(6-12-8-19-12)15-13-7-17-10(2)5-14(13)18-16(9)15/h3-4,10-12,17H,5-8H2,1-2H3. The van der Waals surface area contributed by atoms with Crippen molar-refractivity contribution in [3.8, 4) is 0 Å². The van der Waals surface area contributed by atoms with Gasteiger partial charge in [0.2, 0.25) is 0 Å². The van der Waals surface area contributed by atoms with Crippen LogP contribution in [0, 0.1) is 5.92 Å². The van der Waals surface area contributed by atoms with Crippen LogP contribution in [-0.2, 0) is 4.74 Å². The smallest absolute Gasteiger partial charge is 0.0818 e. The molecule has 0 saturated carbocycles. The first kappa shape index (κ1) is 11.6. The molecule has 3 nitrogen and oxygen atoms in total. The van der Waals surface area contributed by atoms with Gasteiger partial charge in [-0.25, -0.2) is 0 Å². The topological polar surface area (TPSA) is 36.9 Å². The lowest BCUT2D eigenvalue weighted by atomic mass is 9.82. The summed E-state index contributed by atoms with van der Waals surface area (Å²) in [5.74, 6) is 0.498. The lowest BCUT2D eigenvalue weighted by Gasteiger charge is -2.25. The molecule has 0 spiro atoms. The van der Waals surface area contributed by atoms with E-state index in [0.717, 1.165) is 26.0 Å². The Morgan fingerprint density at radius 3 is 3.11 bits per heavy atom. The van der Waals surface area contributed by atoms with Gasteiger partial charge in [0.25, 0.3) is 0 Å². The van der Waals surface area contributed by atoms with Crippen LogP contribution >= 0.6 is 0 Å². The molecule has 0 aromatic rings. The average Bonchev–Trinajstić information content (AvgIpc) is 3.11. The molecular weight excluding hydrogens is 236 g/mol. The minimum Gasteiger partial charge on any atom is -0.373 e. The molecule has 4 rings (SSSR count). The number of allylic oxidation sites excluding steroid dienone is 4. The van der Waals surface area contributed by atoms with Gasteiger partial charge in [0.05, 0.1) is 18.4 Å². The monoisotopic (exact) mass is 256 g/mol. The van der Waals surface area contributed by atoms with Gasteiger partial charge in [0.15, 0.2) is 0 Å². The minimum atomic E-state index is 0.474. The molecule has 100 valence electrons. The number of hydrogen-bond acceptors (Lipinski definition) is 3. The third-order valence-electron chi connectivity index (χ3n) is 4.54. The third-order valence-corrected chi connectivity index (χ3v) is 4.54. The first-order valence-corrected chi connectivity index (χ1v) is 7.28. The summed E-state index contributed by atoms with van der Waals surface area (Å²) in [5, 5.41) is 3.57. The van der Waals surface area contributed by atoms with Crippen molar-refractivity contribution in [2.24, 2.45) is 10.9 Å². The molecule has 3 unspecified atom stereocenters. The molecule has 0 bridgehead atoms. The Hall–Kier alpha value is -1.19. The Morgan fingerprint density at radius 2 is 2.32 bits per heavy atom. The molecule has 19 heavy (non-hydrogen) atoms. The van der Waals surface area contributed by atoms with E-state index in [-0.39, 0.29) is 0 Å². The number of piperidine rings is 1. The van der Waals surface area contributed by atoms with Gasteiger partial charge in [0, 0.05) is 30.6 Å². The lowest BCUT2D eigenvalue weighted by molar-refractivity contribution is 0.382. The second-order valence-electron chi connectivity index (χ2n) is 6.13. The van der Waals surface area contributed by atoms with Gasteiger partial charge in [0.1, 0.15) is 0 Å². The number of aliphatic imine (C=N–C) groups is 1. The molecule has 4 aliphatic rings. The summed E-state index contributed by atoms with van der Waals surface area (Å²) >= 11 is 0. The summed E-state index contributed by atoms with van der Waals surface area (Å²) in [6.45, 7) is 6.32. The Balaban J connectivity index is 1.74. The van der Waals surface area contributed by atoms with Crippen molar-refractivity contribution >= 4 is 5.71 Å². The average molecular weight is 256 g/mol. The van der Waals surface area contributed by atoms with Crippen LogP contribution in [0.2, 0.25) is 0 Å². The van der Waals surface area contributed by atoms with E-state index in [1.54, 1.807) is 0 Å². The maximum absolute atomic E-state index is 5.41. The maximum Gasteiger partial charge on any atom is 0.0818 e. The molecule has 0 aromatic carbocycles. The molecule has 3 aliphatic heterocycles. The quantitative estimate of drug-likeness (QED) is 0.770. The highest BCUT2D eigenvalue weighted by molar-refractivity contribution is 6.06. The van der Waals surface area contributed by atoms with Gasteiger partial charge in [-0.05, 0) is 37.0 Å². The fraction of sp³-hybridized carbons (Fsp3) is 0.562. The van der Waals surface area contributed by atoms with Crippen molar-refractivity contribution in [3.63, 3.8) is 0 Å². The Bertz CT molecular complexity index is 549. The van der Waals surface area contributed by atoms with Crippen LogP contribution in [0.5, 0.6) is 0 Å². The van der Waals surface area contributed by atoms with Crippen LogP contribution in [0.15, 0.2) is 39.6 Å². The van der Waals surface area contributed by atoms with Crippen LogP contribution in [-0.4, -0.2) is 31.0 Å². The summed E-state index contributed by atoms with van der Waals surface area (Å²) in [7, 11) is 0.